The van der Waals surface area contributed by atoms with Crippen molar-refractivity contribution in [3.8, 4) is 0 Å². The van der Waals surface area contributed by atoms with Crippen LogP contribution in [0.15, 0.2) is 0 Å². The molecule has 0 saturated carbocycles. The van der Waals surface area contributed by atoms with Crippen LogP contribution in [0.2, 0.25) is 0 Å². The van der Waals surface area contributed by atoms with Crippen molar-refractivity contribution in [3.63, 3.8) is 0 Å². The van der Waals surface area contributed by atoms with E-state index in [2.05, 4.69) is 6.92 Å². The van der Waals surface area contributed by atoms with Crippen molar-refractivity contribution >= 4 is 0 Å². The average molecular weight is 232 g/mol. The van der Waals surface area contributed by atoms with Gasteiger partial charge < -0.3 is 20.1 Å². The number of rotatable bonds is 5. The second-order valence-electron chi connectivity index (χ2n) is 4.82. The first-order valence-electron chi connectivity index (χ1n) is 6.23. The van der Waals surface area contributed by atoms with Crippen LogP contribution in [0, 0.1) is 5.92 Å². The molecule has 1 aliphatic heterocycles. The van der Waals surface area contributed by atoms with Crippen molar-refractivity contribution in [2.75, 3.05) is 6.61 Å². The van der Waals surface area contributed by atoms with Gasteiger partial charge in [-0.3, -0.25) is 0 Å². The molecule has 16 heavy (non-hydrogen) atoms. The van der Waals surface area contributed by atoms with Crippen LogP contribution in [0.1, 0.15) is 39.5 Å². The molecule has 1 heterocycles. The maximum Gasteiger partial charge on any atom is 0.111 e. The third-order valence-electron chi connectivity index (χ3n) is 3.36. The molecule has 0 aromatic rings. The summed E-state index contributed by atoms with van der Waals surface area (Å²) in [5.74, 6) is 0.212. The summed E-state index contributed by atoms with van der Waals surface area (Å²) in [5.41, 5.74) is 0. The number of ether oxygens (including phenoxy) is 1. The molecule has 1 aliphatic rings. The van der Waals surface area contributed by atoms with Crippen molar-refractivity contribution in [1.29, 1.82) is 0 Å². The molecule has 5 atom stereocenters. The van der Waals surface area contributed by atoms with Gasteiger partial charge in [-0.2, -0.15) is 0 Å². The van der Waals surface area contributed by atoms with E-state index in [1.165, 1.54) is 12.8 Å². The molecule has 1 saturated heterocycles. The van der Waals surface area contributed by atoms with Crippen LogP contribution in [0.3, 0.4) is 0 Å². The topological polar surface area (TPSA) is 69.9 Å². The first-order chi connectivity index (χ1) is 7.57. The number of aliphatic hydroxyl groups is 3. The first-order valence-corrected chi connectivity index (χ1v) is 6.23. The number of unbranched alkanes of at least 4 members (excludes halogenated alkanes) is 2. The lowest BCUT2D eigenvalue weighted by Gasteiger charge is -2.38. The Labute approximate surface area is 97.2 Å². The van der Waals surface area contributed by atoms with Gasteiger partial charge in [0.2, 0.25) is 0 Å². The van der Waals surface area contributed by atoms with Gasteiger partial charge in [0.15, 0.2) is 0 Å². The van der Waals surface area contributed by atoms with Crippen molar-refractivity contribution in [1.82, 2.24) is 0 Å². The third-order valence-corrected chi connectivity index (χ3v) is 3.36. The molecule has 0 aliphatic carbocycles. The van der Waals surface area contributed by atoms with Gasteiger partial charge in [0.1, 0.15) is 18.3 Å². The summed E-state index contributed by atoms with van der Waals surface area (Å²) < 4.78 is 5.41. The zero-order valence-electron chi connectivity index (χ0n) is 10.2. The second kappa shape index (κ2) is 6.55. The molecule has 0 amide bonds. The maximum absolute atomic E-state index is 9.80. The van der Waals surface area contributed by atoms with Gasteiger partial charge in [0.05, 0.1) is 12.7 Å². The van der Waals surface area contributed by atoms with E-state index in [0.717, 1.165) is 12.8 Å². The smallest absolute Gasteiger partial charge is 0.111 e. The maximum atomic E-state index is 9.80. The highest BCUT2D eigenvalue weighted by Crippen LogP contribution is 2.25. The highest BCUT2D eigenvalue weighted by atomic mass is 16.5. The van der Waals surface area contributed by atoms with Crippen LogP contribution in [0.25, 0.3) is 0 Å². The Balaban J connectivity index is 2.40. The van der Waals surface area contributed by atoms with Crippen molar-refractivity contribution < 1.29 is 20.1 Å². The van der Waals surface area contributed by atoms with E-state index in [4.69, 9.17) is 4.74 Å². The van der Waals surface area contributed by atoms with E-state index >= 15 is 0 Å². The molecule has 5 unspecified atom stereocenters. The molecule has 1 fully saturated rings. The Hall–Kier alpha value is -0.160. The Bertz CT molecular complexity index is 197. The third kappa shape index (κ3) is 3.42. The molecule has 0 radical (unpaired) electrons. The summed E-state index contributed by atoms with van der Waals surface area (Å²) in [5, 5.41) is 28.7. The normalized spacial score (nSPS) is 37.3. The van der Waals surface area contributed by atoms with E-state index in [1.807, 2.05) is 6.92 Å². The molecule has 1 rings (SSSR count). The lowest BCUT2D eigenvalue weighted by atomic mass is 9.88. The fourth-order valence-corrected chi connectivity index (χ4v) is 2.21. The SMILES string of the molecule is CCCCCC(C)C1OCC(O)C(O)C1O. The molecule has 0 aromatic carbocycles. The monoisotopic (exact) mass is 232 g/mol. The van der Waals surface area contributed by atoms with Crippen LogP contribution in [0.5, 0.6) is 0 Å². The zero-order chi connectivity index (χ0) is 12.1. The standard InChI is InChI=1S/C12H24O4/c1-3-4-5-6-8(2)12-11(15)10(14)9(13)7-16-12/h8-15H,3-7H2,1-2H3. The Morgan fingerprint density at radius 1 is 1.19 bits per heavy atom. The highest BCUT2D eigenvalue weighted by molar-refractivity contribution is 4.88. The van der Waals surface area contributed by atoms with Gasteiger partial charge >= 0.3 is 0 Å². The minimum Gasteiger partial charge on any atom is -0.388 e. The van der Waals surface area contributed by atoms with Crippen molar-refractivity contribution in [2.45, 2.75) is 63.9 Å². The minimum atomic E-state index is -1.08. The summed E-state index contributed by atoms with van der Waals surface area (Å²) in [4.78, 5) is 0. The molecule has 0 bridgehead atoms. The molecule has 3 N–H and O–H groups in total. The fourth-order valence-electron chi connectivity index (χ4n) is 2.21. The van der Waals surface area contributed by atoms with E-state index in [-0.39, 0.29) is 18.6 Å². The Kier molecular flexibility index (Phi) is 5.69. The summed E-state index contributed by atoms with van der Waals surface area (Å²) in [6.45, 7) is 4.28. The van der Waals surface area contributed by atoms with Crippen molar-refractivity contribution in [2.24, 2.45) is 5.92 Å². The molecular formula is C12H24O4. The van der Waals surface area contributed by atoms with Gasteiger partial charge in [0, 0.05) is 0 Å². The molecule has 4 heteroatoms. The summed E-state index contributed by atoms with van der Waals surface area (Å²) in [6, 6.07) is 0. The average Bonchev–Trinajstić information content (AvgIpc) is 2.26. The van der Waals surface area contributed by atoms with Gasteiger partial charge in [-0.15, -0.1) is 0 Å². The zero-order valence-corrected chi connectivity index (χ0v) is 10.2. The van der Waals surface area contributed by atoms with E-state index in [1.54, 1.807) is 0 Å². The van der Waals surface area contributed by atoms with Crippen LogP contribution >= 0.6 is 0 Å². The molecular weight excluding hydrogens is 208 g/mol. The second-order valence-corrected chi connectivity index (χ2v) is 4.82. The molecule has 0 spiro atoms. The predicted molar refractivity (Wildman–Crippen MR) is 61.1 cm³/mol. The first kappa shape index (κ1) is 13.9. The quantitative estimate of drug-likeness (QED) is 0.610. The van der Waals surface area contributed by atoms with Gasteiger partial charge in [-0.1, -0.05) is 33.1 Å². The largest absolute Gasteiger partial charge is 0.388 e. The van der Waals surface area contributed by atoms with E-state index < -0.39 is 18.3 Å². The lowest BCUT2D eigenvalue weighted by Crippen LogP contribution is -2.54. The van der Waals surface area contributed by atoms with E-state index in [9.17, 15) is 15.3 Å². The van der Waals surface area contributed by atoms with Crippen LogP contribution < -0.4 is 0 Å². The summed E-state index contributed by atoms with van der Waals surface area (Å²) in [6.07, 6.45) is 1.08. The van der Waals surface area contributed by atoms with Crippen LogP contribution in [-0.2, 0) is 4.74 Å². The number of hydrogen-bond acceptors (Lipinski definition) is 4. The molecule has 0 aromatic heterocycles. The number of aliphatic hydroxyl groups excluding tert-OH is 3. The summed E-state index contributed by atoms with van der Waals surface area (Å²) >= 11 is 0. The van der Waals surface area contributed by atoms with E-state index in [0.29, 0.717) is 0 Å². The number of hydrogen-bond donors (Lipinski definition) is 3. The van der Waals surface area contributed by atoms with Crippen molar-refractivity contribution in [3.05, 3.63) is 0 Å². The lowest BCUT2D eigenvalue weighted by molar-refractivity contribution is -0.199. The van der Waals surface area contributed by atoms with Gasteiger partial charge in [-0.05, 0) is 12.3 Å². The van der Waals surface area contributed by atoms with Gasteiger partial charge in [-0.25, -0.2) is 0 Å². The van der Waals surface area contributed by atoms with Crippen LogP contribution in [0.4, 0.5) is 0 Å². The van der Waals surface area contributed by atoms with Gasteiger partial charge in [0.25, 0.3) is 0 Å². The Morgan fingerprint density at radius 3 is 2.50 bits per heavy atom. The molecule has 96 valence electrons. The highest BCUT2D eigenvalue weighted by Gasteiger charge is 2.39. The Morgan fingerprint density at radius 2 is 1.88 bits per heavy atom. The predicted octanol–water partition coefficient (Wildman–Crippen LogP) is 0.684. The fraction of sp³-hybridized carbons (Fsp3) is 1.00. The molecule has 4 nitrogen and oxygen atoms in total. The van der Waals surface area contributed by atoms with Crippen LogP contribution in [-0.4, -0.2) is 46.3 Å². The summed E-state index contributed by atoms with van der Waals surface area (Å²) in [7, 11) is 0. The minimum absolute atomic E-state index is 0.112.